The number of nitrogens with zero attached hydrogens (tertiary/aromatic N) is 1. The zero-order valence-electron chi connectivity index (χ0n) is 23.8. The van der Waals surface area contributed by atoms with Gasteiger partial charge in [0.2, 0.25) is 0 Å². The molecule has 0 spiro atoms. The molecule has 6 heteroatoms. The van der Waals surface area contributed by atoms with E-state index < -0.39 is 0 Å². The second kappa shape index (κ2) is 13.6. The van der Waals surface area contributed by atoms with E-state index in [9.17, 15) is 9.59 Å². The Balaban J connectivity index is 0.000000196. The first kappa shape index (κ1) is 30.4. The van der Waals surface area contributed by atoms with Gasteiger partial charge in [0.25, 0.3) is 5.91 Å². The van der Waals surface area contributed by atoms with Crippen LogP contribution >= 0.6 is 0 Å². The Bertz CT molecular complexity index is 1000. The number of esters is 1. The van der Waals surface area contributed by atoms with E-state index in [1.165, 1.54) is 25.7 Å². The summed E-state index contributed by atoms with van der Waals surface area (Å²) < 4.78 is 10.8. The first-order valence-electron chi connectivity index (χ1n) is 13.5. The Morgan fingerprint density at radius 3 is 2.00 bits per heavy atom. The average Bonchev–Trinajstić information content (AvgIpc) is 2.85. The van der Waals surface area contributed by atoms with Gasteiger partial charge < -0.3 is 20.1 Å². The molecule has 1 saturated carbocycles. The topological polar surface area (TPSA) is 81.9 Å². The Hall–Kier alpha value is -2.86. The fraction of sp³-hybridized carbons (Fsp3) is 0.548. The molecule has 3 aliphatic rings. The quantitative estimate of drug-likeness (QED) is 0.359. The minimum absolute atomic E-state index is 0.124. The number of ether oxygens (including phenoxy) is 2. The van der Waals surface area contributed by atoms with E-state index in [-0.39, 0.29) is 23.1 Å². The third-order valence-corrected chi connectivity index (χ3v) is 7.27. The zero-order chi connectivity index (χ0) is 27.6. The molecule has 2 N–H and O–H groups in total. The molecule has 37 heavy (non-hydrogen) atoms. The summed E-state index contributed by atoms with van der Waals surface area (Å²) in [5.74, 6) is 0.639. The van der Waals surface area contributed by atoms with Gasteiger partial charge in [0, 0.05) is 24.3 Å². The van der Waals surface area contributed by atoms with Crippen molar-refractivity contribution in [3.8, 4) is 0 Å². The molecular formula is C31H46N2O4. The summed E-state index contributed by atoms with van der Waals surface area (Å²) in [6.45, 7) is 16.4. The number of carbonyl (C=O) groups is 2. The molecule has 2 aromatic carbocycles. The molecule has 2 saturated heterocycles. The lowest BCUT2D eigenvalue weighted by Crippen LogP contribution is -2.53. The molecule has 2 aliphatic heterocycles. The number of hydrogen-bond acceptors (Lipinski definition) is 5. The van der Waals surface area contributed by atoms with Crippen molar-refractivity contribution in [2.45, 2.75) is 85.4 Å². The summed E-state index contributed by atoms with van der Waals surface area (Å²) in [6, 6.07) is 14.4. The van der Waals surface area contributed by atoms with Gasteiger partial charge in [-0.2, -0.15) is 0 Å². The molecule has 0 radical (unpaired) electrons. The highest BCUT2D eigenvalue weighted by Gasteiger charge is 2.48. The number of rotatable bonds is 5. The van der Waals surface area contributed by atoms with E-state index in [0.29, 0.717) is 17.9 Å². The van der Waals surface area contributed by atoms with Crippen LogP contribution in [0.3, 0.4) is 0 Å². The lowest BCUT2D eigenvalue weighted by atomic mass is 9.69. The van der Waals surface area contributed by atoms with Crippen LogP contribution in [0.1, 0.15) is 93.5 Å². The van der Waals surface area contributed by atoms with E-state index in [1.54, 1.807) is 31.2 Å². The van der Waals surface area contributed by atoms with E-state index in [1.807, 2.05) is 49.9 Å². The molecule has 3 fully saturated rings. The molecule has 0 unspecified atom stereocenters. The van der Waals surface area contributed by atoms with Gasteiger partial charge >= 0.3 is 5.97 Å². The van der Waals surface area contributed by atoms with Gasteiger partial charge in [0.1, 0.15) is 0 Å². The van der Waals surface area contributed by atoms with Crippen molar-refractivity contribution in [3.05, 3.63) is 65.2 Å². The average molecular weight is 511 g/mol. The monoisotopic (exact) mass is 510 g/mol. The maximum absolute atomic E-state index is 11.9. The van der Waals surface area contributed by atoms with E-state index >= 15 is 0 Å². The van der Waals surface area contributed by atoms with Crippen LogP contribution in [0.2, 0.25) is 0 Å². The van der Waals surface area contributed by atoms with Crippen LogP contribution in [0.5, 0.6) is 0 Å². The van der Waals surface area contributed by atoms with E-state index in [4.69, 9.17) is 15.2 Å². The molecule has 5 rings (SSSR count). The number of nitrogen functional groups attached to an aromatic ring is 1. The highest BCUT2D eigenvalue weighted by molar-refractivity contribution is 5.94. The number of fused-ring (bicyclic) bond motifs is 3. The molecule has 2 aromatic rings. The summed E-state index contributed by atoms with van der Waals surface area (Å²) in [6.07, 6.45) is 5.31. The normalized spacial score (nSPS) is 21.0. The van der Waals surface area contributed by atoms with Gasteiger partial charge in [0.15, 0.2) is 0 Å². The van der Waals surface area contributed by atoms with Crippen LogP contribution < -0.4 is 5.73 Å². The van der Waals surface area contributed by atoms with Crippen LogP contribution in [-0.2, 0) is 9.47 Å². The number of carbonyl (C=O) groups excluding carboxylic acids is 2. The highest BCUT2D eigenvalue weighted by Crippen LogP contribution is 2.49. The minimum Gasteiger partial charge on any atom is -0.462 e. The molecule has 1 amide bonds. The predicted octanol–water partition coefficient (Wildman–Crippen LogP) is 6.67. The van der Waals surface area contributed by atoms with Crippen LogP contribution in [0.4, 0.5) is 5.69 Å². The van der Waals surface area contributed by atoms with Gasteiger partial charge in [-0.25, -0.2) is 4.79 Å². The fourth-order valence-electron chi connectivity index (χ4n) is 5.05. The van der Waals surface area contributed by atoms with Gasteiger partial charge in [0.05, 0.1) is 23.4 Å². The standard InChI is InChI=1S/C12H17NO.C10H18O.C9H11NO2/c1-4-13(5-2)12(14)11-8-6-7-10(3)9-11;1-9(2)8-4-6-10(3,11-9)7-5-8;1-2-12-9(11)7-3-5-8(10)6-4-7/h6-9H,4-5H2,1-3H3;8H,4-7H2,1-3H3;3-6H,2,10H2,1H3. The molecule has 0 aromatic heterocycles. The number of aryl methyl sites for hydroxylation is 1. The van der Waals surface area contributed by atoms with Crippen LogP contribution in [0.15, 0.2) is 48.5 Å². The molecule has 2 heterocycles. The largest absolute Gasteiger partial charge is 0.462 e. The fourth-order valence-corrected chi connectivity index (χ4v) is 5.05. The predicted molar refractivity (Wildman–Crippen MR) is 151 cm³/mol. The van der Waals surface area contributed by atoms with Gasteiger partial charge in [-0.3, -0.25) is 4.79 Å². The molecule has 2 bridgehead atoms. The second-order valence-corrected chi connectivity index (χ2v) is 10.6. The number of nitrogens with two attached hydrogens (primary N) is 1. The van der Waals surface area contributed by atoms with E-state index in [0.717, 1.165) is 30.1 Å². The minimum atomic E-state index is -0.308. The van der Waals surface area contributed by atoms with Crippen molar-refractivity contribution in [1.29, 1.82) is 0 Å². The summed E-state index contributed by atoms with van der Waals surface area (Å²) in [7, 11) is 0. The zero-order valence-corrected chi connectivity index (χ0v) is 23.8. The number of amides is 1. The van der Waals surface area contributed by atoms with Crippen molar-refractivity contribution in [2.75, 3.05) is 25.4 Å². The third kappa shape index (κ3) is 8.89. The van der Waals surface area contributed by atoms with Gasteiger partial charge in [-0.1, -0.05) is 17.7 Å². The van der Waals surface area contributed by atoms with Crippen LogP contribution in [-0.4, -0.2) is 47.7 Å². The molecule has 0 atom stereocenters. The van der Waals surface area contributed by atoms with Crippen molar-refractivity contribution >= 4 is 17.6 Å². The van der Waals surface area contributed by atoms with E-state index in [2.05, 4.69) is 20.8 Å². The Morgan fingerprint density at radius 1 is 0.973 bits per heavy atom. The molecular weight excluding hydrogens is 464 g/mol. The molecule has 204 valence electrons. The maximum Gasteiger partial charge on any atom is 0.338 e. The lowest BCUT2D eigenvalue weighted by Gasteiger charge is -2.54. The Labute approximate surface area is 223 Å². The van der Waals surface area contributed by atoms with Crippen molar-refractivity contribution < 1.29 is 19.1 Å². The number of benzene rings is 2. The van der Waals surface area contributed by atoms with Gasteiger partial charge in [-0.15, -0.1) is 0 Å². The Morgan fingerprint density at radius 2 is 1.57 bits per heavy atom. The second-order valence-electron chi connectivity index (χ2n) is 10.6. The highest BCUT2D eigenvalue weighted by atomic mass is 16.5. The van der Waals surface area contributed by atoms with Crippen molar-refractivity contribution in [1.82, 2.24) is 4.90 Å². The van der Waals surface area contributed by atoms with Crippen LogP contribution in [0.25, 0.3) is 0 Å². The van der Waals surface area contributed by atoms with Gasteiger partial charge in [-0.05, 0) is 116 Å². The first-order valence-corrected chi connectivity index (χ1v) is 13.5. The smallest absolute Gasteiger partial charge is 0.338 e. The van der Waals surface area contributed by atoms with Crippen LogP contribution in [0, 0.1) is 12.8 Å². The number of anilines is 1. The van der Waals surface area contributed by atoms with Crippen molar-refractivity contribution in [2.24, 2.45) is 5.92 Å². The van der Waals surface area contributed by atoms with Crippen molar-refractivity contribution in [3.63, 3.8) is 0 Å². The first-order chi connectivity index (χ1) is 17.4. The summed E-state index contributed by atoms with van der Waals surface area (Å²) in [5.41, 5.74) is 8.92. The Kier molecular flexibility index (Phi) is 11.2. The molecule has 6 nitrogen and oxygen atoms in total. The number of hydrogen-bond donors (Lipinski definition) is 1. The summed E-state index contributed by atoms with van der Waals surface area (Å²) >= 11 is 0. The maximum atomic E-state index is 11.9. The SMILES string of the molecule is CC12CCC(CC1)C(C)(C)O2.CCN(CC)C(=O)c1cccc(C)c1.CCOC(=O)c1ccc(N)cc1. The lowest BCUT2D eigenvalue weighted by molar-refractivity contribution is -0.229. The summed E-state index contributed by atoms with van der Waals surface area (Å²) in [5, 5.41) is 0. The third-order valence-electron chi connectivity index (χ3n) is 7.27. The molecule has 1 aliphatic carbocycles. The summed E-state index contributed by atoms with van der Waals surface area (Å²) in [4.78, 5) is 24.8.